The van der Waals surface area contributed by atoms with E-state index in [1.807, 2.05) is 23.1 Å². The lowest BCUT2D eigenvalue weighted by Crippen LogP contribution is -2.46. The van der Waals surface area contributed by atoms with Gasteiger partial charge in [0.25, 0.3) is 0 Å². The number of nitrogens with two attached hydrogens (primary N) is 1. The largest absolute Gasteiger partial charge is 0.368 e. The summed E-state index contributed by atoms with van der Waals surface area (Å²) in [5.74, 6) is -0.123. The summed E-state index contributed by atoms with van der Waals surface area (Å²) in [7, 11) is 0. The van der Waals surface area contributed by atoms with Gasteiger partial charge in [-0.1, -0.05) is 18.7 Å². The molecule has 2 fully saturated rings. The van der Waals surface area contributed by atoms with E-state index in [-0.39, 0.29) is 5.82 Å². The summed E-state index contributed by atoms with van der Waals surface area (Å²) >= 11 is 0. The van der Waals surface area contributed by atoms with Crippen molar-refractivity contribution < 1.29 is 13.6 Å². The Morgan fingerprint density at radius 2 is 1.84 bits per heavy atom. The minimum absolute atomic E-state index is 0.372. The number of alkyl halides is 1. The van der Waals surface area contributed by atoms with Crippen molar-refractivity contribution in [3.63, 3.8) is 0 Å². The van der Waals surface area contributed by atoms with E-state index in [1.54, 1.807) is 26.1 Å². The molecule has 0 saturated carbocycles. The van der Waals surface area contributed by atoms with E-state index in [2.05, 4.69) is 16.5 Å². The van der Waals surface area contributed by atoms with Crippen LogP contribution in [-0.4, -0.2) is 58.6 Å². The molecular weight excluding hydrogens is 470 g/mol. The highest BCUT2D eigenvalue weighted by molar-refractivity contribution is 5.82. The Morgan fingerprint density at radius 1 is 1.11 bits per heavy atom. The Hall–Kier alpha value is -2.80. The first kappa shape index (κ1) is 27.2. The number of rotatable bonds is 9. The fraction of sp³-hybridized carbons (Fsp3) is 0.533. The molecule has 7 heteroatoms. The van der Waals surface area contributed by atoms with Gasteiger partial charge < -0.3 is 15.5 Å². The topological polar surface area (TPSA) is 62.5 Å². The van der Waals surface area contributed by atoms with E-state index in [4.69, 9.17) is 5.73 Å². The molecule has 0 bridgehead atoms. The van der Waals surface area contributed by atoms with Crippen molar-refractivity contribution >= 4 is 11.6 Å². The molecule has 3 heterocycles. The summed E-state index contributed by atoms with van der Waals surface area (Å²) < 4.78 is 29.0. The number of amides is 1. The second-order valence-corrected chi connectivity index (χ2v) is 11.3. The quantitative estimate of drug-likeness (QED) is 0.478. The molecule has 2 N–H and O–H groups in total. The average Bonchev–Trinajstić information content (AvgIpc) is 2.87. The van der Waals surface area contributed by atoms with Gasteiger partial charge in [-0.2, -0.15) is 0 Å². The zero-order chi connectivity index (χ0) is 26.6. The minimum Gasteiger partial charge on any atom is -0.368 e. The van der Waals surface area contributed by atoms with Crippen LogP contribution < -0.4 is 5.73 Å². The molecule has 2 aliphatic rings. The van der Waals surface area contributed by atoms with E-state index < -0.39 is 17.6 Å². The Bertz CT molecular complexity index is 1090. The lowest BCUT2D eigenvalue weighted by Gasteiger charge is -2.37. The van der Waals surface area contributed by atoms with Crippen LogP contribution >= 0.6 is 0 Å². The maximum absolute atomic E-state index is 15.1. The Labute approximate surface area is 219 Å². The van der Waals surface area contributed by atoms with Gasteiger partial charge in [-0.3, -0.25) is 9.78 Å². The minimum atomic E-state index is -1.14. The van der Waals surface area contributed by atoms with Gasteiger partial charge in [-0.15, -0.1) is 0 Å². The maximum atomic E-state index is 15.1. The molecule has 1 aromatic heterocycles. The molecule has 0 radical (unpaired) electrons. The van der Waals surface area contributed by atoms with Gasteiger partial charge in [0.15, 0.2) is 0 Å². The van der Waals surface area contributed by atoms with E-state index in [9.17, 15) is 9.18 Å². The van der Waals surface area contributed by atoms with Crippen molar-refractivity contribution in [2.24, 2.45) is 11.7 Å². The van der Waals surface area contributed by atoms with Gasteiger partial charge in [0.2, 0.25) is 5.91 Å². The number of benzene rings is 1. The van der Waals surface area contributed by atoms with Crippen LogP contribution in [-0.2, 0) is 11.2 Å². The van der Waals surface area contributed by atoms with E-state index in [1.165, 1.54) is 6.07 Å². The van der Waals surface area contributed by atoms with Crippen molar-refractivity contribution in [1.29, 1.82) is 0 Å². The predicted octanol–water partition coefficient (Wildman–Crippen LogP) is 5.59. The van der Waals surface area contributed by atoms with Crippen LogP contribution in [0.2, 0.25) is 0 Å². The third-order valence-electron chi connectivity index (χ3n) is 7.73. The van der Waals surface area contributed by atoms with Gasteiger partial charge in [0, 0.05) is 41.8 Å². The highest BCUT2D eigenvalue weighted by Crippen LogP contribution is 2.31. The Morgan fingerprint density at radius 3 is 2.46 bits per heavy atom. The number of piperidine rings is 2. The number of carbonyl (C=O) groups is 1. The van der Waals surface area contributed by atoms with Crippen LogP contribution in [0.5, 0.6) is 0 Å². The Kier molecular flexibility index (Phi) is 8.63. The second kappa shape index (κ2) is 11.7. The van der Waals surface area contributed by atoms with E-state index in [0.29, 0.717) is 36.7 Å². The molecule has 4 rings (SSSR count). The number of halogens is 2. The molecule has 1 atom stereocenters. The summed E-state index contributed by atoms with van der Waals surface area (Å²) in [6, 6.07) is 8.68. The van der Waals surface area contributed by atoms with Crippen LogP contribution in [0.1, 0.15) is 63.6 Å². The standard InChI is InChI=1S/C30H40F2N4O/c1-21(36-15-5-4-6-28(36)29(33)37)26-12-9-23(18-27(26)31)24-8-11-25(34-19-24)10-7-22-13-16-35(17-14-22)20-30(2,3)32/h8-9,11-12,18-19,22,28H,1,4-7,10,13-17,20H2,2-3H3,(H2,33,37). The average molecular weight is 511 g/mol. The highest BCUT2D eigenvalue weighted by atomic mass is 19.1. The van der Waals surface area contributed by atoms with Crippen LogP contribution in [0.15, 0.2) is 43.1 Å². The molecule has 0 aliphatic carbocycles. The number of nitrogens with zero attached hydrogens (tertiary/aromatic N) is 3. The number of hydrogen-bond acceptors (Lipinski definition) is 4. The van der Waals surface area contributed by atoms with Crippen molar-refractivity contribution in [3.8, 4) is 11.1 Å². The van der Waals surface area contributed by atoms with E-state index >= 15 is 4.39 Å². The first-order valence-corrected chi connectivity index (χ1v) is 13.5. The third-order valence-corrected chi connectivity index (χ3v) is 7.73. The van der Waals surface area contributed by atoms with Crippen LogP contribution in [0.25, 0.3) is 16.8 Å². The molecule has 0 spiro atoms. The van der Waals surface area contributed by atoms with Gasteiger partial charge in [0.1, 0.15) is 17.5 Å². The monoisotopic (exact) mass is 510 g/mol. The molecule has 37 heavy (non-hydrogen) atoms. The number of aromatic nitrogens is 1. The molecule has 1 amide bonds. The first-order valence-electron chi connectivity index (χ1n) is 13.5. The molecule has 2 aromatic rings. The van der Waals surface area contributed by atoms with Gasteiger partial charge >= 0.3 is 0 Å². The van der Waals surface area contributed by atoms with Crippen molar-refractivity contribution in [1.82, 2.24) is 14.8 Å². The van der Waals surface area contributed by atoms with Crippen LogP contribution in [0.4, 0.5) is 8.78 Å². The fourth-order valence-corrected chi connectivity index (χ4v) is 5.69. The summed E-state index contributed by atoms with van der Waals surface area (Å²) in [4.78, 5) is 20.6. The zero-order valence-electron chi connectivity index (χ0n) is 22.2. The summed E-state index contributed by atoms with van der Waals surface area (Å²) in [5, 5.41) is 0. The normalized spacial score (nSPS) is 19.7. The zero-order valence-corrected chi connectivity index (χ0v) is 22.2. The molecule has 5 nitrogen and oxygen atoms in total. The number of carbonyl (C=O) groups excluding carboxylic acids is 1. The highest BCUT2D eigenvalue weighted by Gasteiger charge is 2.29. The van der Waals surface area contributed by atoms with Crippen molar-refractivity contribution in [2.45, 2.75) is 70.5 Å². The SMILES string of the molecule is C=C(c1ccc(-c2ccc(CCC3CCN(CC(C)(C)F)CC3)nc2)cc1F)N1CCCCC1C(N)=O. The number of aryl methyl sites for hydroxylation is 1. The molecule has 2 aliphatic heterocycles. The molecule has 1 unspecified atom stereocenters. The lowest BCUT2D eigenvalue weighted by atomic mass is 9.91. The van der Waals surface area contributed by atoms with Crippen LogP contribution in [0, 0.1) is 11.7 Å². The third kappa shape index (κ3) is 7.16. The molecule has 2 saturated heterocycles. The fourth-order valence-electron chi connectivity index (χ4n) is 5.69. The van der Waals surface area contributed by atoms with Crippen LogP contribution in [0.3, 0.4) is 0 Å². The lowest BCUT2D eigenvalue weighted by molar-refractivity contribution is -0.123. The van der Waals surface area contributed by atoms with Gasteiger partial charge in [-0.05, 0) is 102 Å². The summed E-state index contributed by atoms with van der Waals surface area (Å²) in [6.45, 7) is 10.4. The van der Waals surface area contributed by atoms with Gasteiger partial charge in [0.05, 0.1) is 0 Å². The van der Waals surface area contributed by atoms with Crippen molar-refractivity contribution in [2.75, 3.05) is 26.2 Å². The van der Waals surface area contributed by atoms with Gasteiger partial charge in [-0.25, -0.2) is 8.78 Å². The number of pyridine rings is 1. The number of primary amides is 1. The summed E-state index contributed by atoms with van der Waals surface area (Å²) in [5.41, 5.74) is 7.97. The summed E-state index contributed by atoms with van der Waals surface area (Å²) in [6.07, 6.45) is 8.51. The molecule has 1 aromatic carbocycles. The van der Waals surface area contributed by atoms with Crippen molar-refractivity contribution in [3.05, 3.63) is 60.2 Å². The molecule has 200 valence electrons. The smallest absolute Gasteiger partial charge is 0.240 e. The number of hydrogen-bond donors (Lipinski definition) is 1. The second-order valence-electron chi connectivity index (χ2n) is 11.3. The molecular formula is C30H40F2N4O. The Balaban J connectivity index is 1.33. The first-order chi connectivity index (χ1) is 17.6. The predicted molar refractivity (Wildman–Crippen MR) is 145 cm³/mol. The van der Waals surface area contributed by atoms with E-state index in [0.717, 1.165) is 68.4 Å². The maximum Gasteiger partial charge on any atom is 0.240 e. The number of likely N-dealkylation sites (tertiary alicyclic amines) is 2.